The van der Waals surface area contributed by atoms with Crippen molar-refractivity contribution in [3.8, 4) is 0 Å². The van der Waals surface area contributed by atoms with E-state index in [-0.39, 0.29) is 11.3 Å². The number of carbonyl (C=O) groups excluding carboxylic acids is 1. The zero-order valence-corrected chi connectivity index (χ0v) is 13.2. The van der Waals surface area contributed by atoms with E-state index in [0.29, 0.717) is 10.6 Å². The summed E-state index contributed by atoms with van der Waals surface area (Å²) in [5, 5.41) is 11.2. The summed E-state index contributed by atoms with van der Waals surface area (Å²) in [7, 11) is 0. The lowest BCUT2D eigenvalue weighted by Crippen LogP contribution is -2.45. The molecule has 106 valence electrons. The van der Waals surface area contributed by atoms with Crippen LogP contribution in [0.1, 0.15) is 23.0 Å². The smallest absolute Gasteiger partial charge is 0.327 e. The Hall–Kier alpha value is -1.05. The van der Waals surface area contributed by atoms with Crippen molar-refractivity contribution in [2.45, 2.75) is 24.8 Å². The lowest BCUT2D eigenvalue weighted by Gasteiger charge is -2.26. The second kappa shape index (κ2) is 5.38. The molecule has 1 fully saturated rings. The summed E-state index contributed by atoms with van der Waals surface area (Å²) in [5.74, 6) is -0.595. The molecule has 7 heteroatoms. The molecule has 1 N–H and O–H groups in total. The summed E-state index contributed by atoms with van der Waals surface area (Å²) in [6.07, 6.45) is 0.764. The highest BCUT2D eigenvalue weighted by molar-refractivity contribution is 8.00. The van der Waals surface area contributed by atoms with E-state index in [1.165, 1.54) is 11.3 Å². The minimum atomic E-state index is -0.917. The molecule has 1 saturated heterocycles. The molecule has 1 aliphatic heterocycles. The highest BCUT2D eigenvalue weighted by atomic mass is 32.2. The lowest BCUT2D eigenvalue weighted by molar-refractivity contribution is -0.141. The summed E-state index contributed by atoms with van der Waals surface area (Å²) in [6.45, 7) is 1.98. The van der Waals surface area contributed by atoms with Gasteiger partial charge in [0.2, 0.25) is 0 Å². The van der Waals surface area contributed by atoms with Crippen LogP contribution in [0.25, 0.3) is 9.40 Å². The van der Waals surface area contributed by atoms with Gasteiger partial charge in [-0.05, 0) is 23.9 Å². The average molecular weight is 327 g/mol. The van der Waals surface area contributed by atoms with Gasteiger partial charge in [0.1, 0.15) is 6.04 Å². The van der Waals surface area contributed by atoms with Crippen molar-refractivity contribution in [2.75, 3.05) is 5.75 Å². The SMILES string of the molecule is CCC1SCC(C(=O)O)N1C(=O)c1cc2sccc2s1. The largest absolute Gasteiger partial charge is 0.480 e. The van der Waals surface area contributed by atoms with E-state index >= 15 is 0 Å². The number of aliphatic carboxylic acids is 1. The van der Waals surface area contributed by atoms with Crippen LogP contribution in [0.5, 0.6) is 0 Å². The first-order chi connectivity index (χ1) is 9.61. The van der Waals surface area contributed by atoms with Gasteiger partial charge in [-0.3, -0.25) is 4.79 Å². The molecule has 0 aliphatic carbocycles. The maximum Gasteiger partial charge on any atom is 0.327 e. The van der Waals surface area contributed by atoms with Crippen LogP contribution in [0.15, 0.2) is 17.5 Å². The van der Waals surface area contributed by atoms with Gasteiger partial charge in [-0.1, -0.05) is 6.92 Å². The zero-order valence-electron chi connectivity index (χ0n) is 10.7. The van der Waals surface area contributed by atoms with Crippen molar-refractivity contribution in [1.29, 1.82) is 0 Å². The van der Waals surface area contributed by atoms with E-state index in [4.69, 9.17) is 0 Å². The number of hydrogen-bond donors (Lipinski definition) is 1. The fourth-order valence-corrected chi connectivity index (χ4v) is 5.74. The third-order valence-electron chi connectivity index (χ3n) is 3.31. The van der Waals surface area contributed by atoms with Crippen LogP contribution in [0, 0.1) is 0 Å². The molecular formula is C13H13NO3S3. The fourth-order valence-electron chi connectivity index (χ4n) is 2.34. The molecule has 3 rings (SSSR count). The maximum atomic E-state index is 12.7. The molecule has 2 aromatic rings. The summed E-state index contributed by atoms with van der Waals surface area (Å²) in [4.78, 5) is 26.2. The lowest BCUT2D eigenvalue weighted by atomic mass is 10.2. The Bertz CT molecular complexity index is 634. The Balaban J connectivity index is 1.94. The Labute approximate surface area is 128 Å². The van der Waals surface area contributed by atoms with Crippen LogP contribution >= 0.6 is 34.4 Å². The third-order valence-corrected chi connectivity index (χ3v) is 6.85. The van der Waals surface area contributed by atoms with Crippen LogP contribution < -0.4 is 0 Å². The van der Waals surface area contributed by atoms with E-state index in [1.807, 2.05) is 24.4 Å². The van der Waals surface area contributed by atoms with Crippen molar-refractivity contribution in [3.05, 3.63) is 22.4 Å². The highest BCUT2D eigenvalue weighted by Crippen LogP contribution is 2.36. The number of carbonyl (C=O) groups is 2. The molecule has 3 heterocycles. The van der Waals surface area contributed by atoms with Crippen molar-refractivity contribution in [1.82, 2.24) is 4.90 Å². The molecule has 2 atom stereocenters. The van der Waals surface area contributed by atoms with Gasteiger partial charge in [-0.25, -0.2) is 4.79 Å². The quantitative estimate of drug-likeness (QED) is 0.939. The molecule has 0 bridgehead atoms. The molecule has 2 aromatic heterocycles. The normalized spacial score (nSPS) is 22.6. The molecule has 0 spiro atoms. The second-order valence-corrected chi connectivity index (χ2v) is 7.76. The monoisotopic (exact) mass is 327 g/mol. The number of fused-ring (bicyclic) bond motifs is 1. The molecule has 1 amide bonds. The topological polar surface area (TPSA) is 57.6 Å². The summed E-state index contributed by atoms with van der Waals surface area (Å²) in [6, 6.07) is 3.16. The summed E-state index contributed by atoms with van der Waals surface area (Å²) >= 11 is 4.59. The predicted octanol–water partition coefficient (Wildman–Crippen LogP) is 3.34. The van der Waals surface area contributed by atoms with E-state index in [9.17, 15) is 14.7 Å². The Morgan fingerprint density at radius 1 is 1.45 bits per heavy atom. The number of carboxylic acids is 1. The van der Waals surface area contributed by atoms with Gasteiger partial charge >= 0.3 is 5.97 Å². The number of carboxylic acid groups (broad SMARTS) is 1. The molecule has 4 nitrogen and oxygen atoms in total. The minimum absolute atomic E-state index is 0.0382. The Morgan fingerprint density at radius 2 is 2.25 bits per heavy atom. The van der Waals surface area contributed by atoms with Crippen molar-refractivity contribution >= 4 is 55.7 Å². The van der Waals surface area contributed by atoms with Gasteiger partial charge in [0, 0.05) is 15.2 Å². The summed E-state index contributed by atoms with van der Waals surface area (Å²) in [5.41, 5.74) is 0. The fraction of sp³-hybridized carbons (Fsp3) is 0.385. The van der Waals surface area contributed by atoms with E-state index in [0.717, 1.165) is 15.8 Å². The predicted molar refractivity (Wildman–Crippen MR) is 83.8 cm³/mol. The van der Waals surface area contributed by atoms with E-state index < -0.39 is 12.0 Å². The van der Waals surface area contributed by atoms with Gasteiger partial charge in [-0.2, -0.15) is 0 Å². The highest BCUT2D eigenvalue weighted by Gasteiger charge is 2.41. The van der Waals surface area contributed by atoms with Gasteiger partial charge < -0.3 is 10.0 Å². The molecule has 2 unspecified atom stereocenters. The third kappa shape index (κ3) is 2.23. The first-order valence-corrected chi connectivity index (χ1v) is 9.00. The Kier molecular flexibility index (Phi) is 3.74. The van der Waals surface area contributed by atoms with Gasteiger partial charge in [0.15, 0.2) is 0 Å². The van der Waals surface area contributed by atoms with E-state index in [1.54, 1.807) is 28.0 Å². The molecule has 0 aromatic carbocycles. The van der Waals surface area contributed by atoms with Crippen LogP contribution in [-0.4, -0.2) is 39.1 Å². The number of thiophene rings is 2. The average Bonchev–Trinajstić information content (AvgIpc) is 3.10. The van der Waals surface area contributed by atoms with Crippen LogP contribution in [0.2, 0.25) is 0 Å². The van der Waals surface area contributed by atoms with Crippen molar-refractivity contribution < 1.29 is 14.7 Å². The first-order valence-electron chi connectivity index (χ1n) is 6.26. The van der Waals surface area contributed by atoms with Crippen LogP contribution in [0.3, 0.4) is 0 Å². The van der Waals surface area contributed by atoms with E-state index in [2.05, 4.69) is 0 Å². The standard InChI is InChI=1S/C13H13NO3S3/c1-2-11-14(7(6-19-11)13(16)17)12(15)10-5-9-8(20-10)3-4-18-9/h3-5,7,11H,2,6H2,1H3,(H,16,17). The first kappa shape index (κ1) is 13.9. The second-order valence-electron chi connectivity index (χ2n) is 4.52. The van der Waals surface area contributed by atoms with Crippen LogP contribution in [0.4, 0.5) is 0 Å². The Morgan fingerprint density at radius 3 is 2.90 bits per heavy atom. The minimum Gasteiger partial charge on any atom is -0.480 e. The molecule has 20 heavy (non-hydrogen) atoms. The van der Waals surface area contributed by atoms with Crippen LogP contribution in [-0.2, 0) is 4.79 Å². The number of hydrogen-bond acceptors (Lipinski definition) is 5. The van der Waals surface area contributed by atoms with Crippen molar-refractivity contribution in [2.24, 2.45) is 0 Å². The summed E-state index contributed by atoms with van der Waals surface area (Å²) < 4.78 is 2.18. The van der Waals surface area contributed by atoms with Gasteiger partial charge in [0.05, 0.1) is 10.3 Å². The van der Waals surface area contributed by atoms with Gasteiger partial charge in [0.25, 0.3) is 5.91 Å². The van der Waals surface area contributed by atoms with Crippen molar-refractivity contribution in [3.63, 3.8) is 0 Å². The zero-order chi connectivity index (χ0) is 14.3. The number of nitrogens with zero attached hydrogens (tertiary/aromatic N) is 1. The molecule has 1 aliphatic rings. The van der Waals surface area contributed by atoms with Gasteiger partial charge in [-0.15, -0.1) is 34.4 Å². The molecular weight excluding hydrogens is 314 g/mol. The number of rotatable bonds is 3. The maximum absolute atomic E-state index is 12.7. The molecule has 0 saturated carbocycles. The number of thioether (sulfide) groups is 1. The molecule has 0 radical (unpaired) electrons. The number of amides is 1.